The molecule has 0 unspecified atom stereocenters. The van der Waals surface area contributed by atoms with Gasteiger partial charge in [-0.1, -0.05) is 0 Å². The summed E-state index contributed by atoms with van der Waals surface area (Å²) in [5.41, 5.74) is 3.89. The van der Waals surface area contributed by atoms with Crippen molar-refractivity contribution in [3.8, 4) is 0 Å². The molecule has 0 fully saturated rings. The van der Waals surface area contributed by atoms with Gasteiger partial charge in [0.1, 0.15) is 0 Å². The Hall–Kier alpha value is -1.78. The summed E-state index contributed by atoms with van der Waals surface area (Å²) in [6, 6.07) is 25.9. The summed E-state index contributed by atoms with van der Waals surface area (Å²) in [6.07, 6.45) is 0. The van der Waals surface area contributed by atoms with Gasteiger partial charge in [0.05, 0.1) is 0 Å². The van der Waals surface area contributed by atoms with Gasteiger partial charge in [-0.25, -0.2) is 0 Å². The van der Waals surface area contributed by atoms with Crippen LogP contribution in [0.3, 0.4) is 0 Å². The molecule has 0 aromatic heterocycles. The minimum atomic E-state index is -0.673. The van der Waals surface area contributed by atoms with E-state index in [1.807, 2.05) is 0 Å². The zero-order valence-corrected chi connectivity index (χ0v) is 18.2. The molecule has 3 aromatic carbocycles. The Morgan fingerprint density at radius 2 is 1.30 bits per heavy atom. The number of rotatable bonds is 6. The van der Waals surface area contributed by atoms with Crippen molar-refractivity contribution in [2.75, 3.05) is 0 Å². The van der Waals surface area contributed by atoms with Gasteiger partial charge in [-0.05, 0) is 0 Å². The molecule has 0 amide bonds. The molecule has 0 spiro atoms. The molecular formula is C23H23O2PPd. The summed E-state index contributed by atoms with van der Waals surface area (Å²) in [5, 5.41) is 4.11. The average molecular weight is 469 g/mol. The molecule has 0 heterocycles. The van der Waals surface area contributed by atoms with Crippen molar-refractivity contribution in [1.82, 2.24) is 0 Å². The Labute approximate surface area is 171 Å². The fourth-order valence-corrected chi connectivity index (χ4v) is 7.11. The van der Waals surface area contributed by atoms with Crippen LogP contribution in [0.1, 0.15) is 23.6 Å². The van der Waals surface area contributed by atoms with E-state index in [0.717, 1.165) is 4.89 Å². The van der Waals surface area contributed by atoms with Crippen LogP contribution in [0.2, 0.25) is 0 Å². The van der Waals surface area contributed by atoms with E-state index in [1.165, 1.54) is 39.5 Å². The maximum atomic E-state index is 11.2. The molecular weight excluding hydrogens is 446 g/mol. The van der Waals surface area contributed by atoms with E-state index in [2.05, 4.69) is 86.6 Å². The summed E-state index contributed by atoms with van der Waals surface area (Å²) in [7, 11) is -0.673. The molecule has 0 aliphatic heterocycles. The van der Waals surface area contributed by atoms with Gasteiger partial charge in [-0.2, -0.15) is 0 Å². The van der Waals surface area contributed by atoms with Gasteiger partial charge in [0.2, 0.25) is 0 Å². The number of aryl methyl sites for hydroxylation is 2. The predicted octanol–water partition coefficient (Wildman–Crippen LogP) is 4.12. The fourth-order valence-electron chi connectivity index (χ4n) is 2.98. The van der Waals surface area contributed by atoms with Crippen LogP contribution in [0.25, 0.3) is 0 Å². The second-order valence-electron chi connectivity index (χ2n) is 6.30. The van der Waals surface area contributed by atoms with Crippen molar-refractivity contribution >= 4 is 29.8 Å². The number of carbonyl (C=O) groups is 1. The molecule has 0 bridgehead atoms. The van der Waals surface area contributed by atoms with Crippen LogP contribution < -0.4 is 15.9 Å². The summed E-state index contributed by atoms with van der Waals surface area (Å²) >= 11 is -0.0614. The summed E-state index contributed by atoms with van der Waals surface area (Å²) in [4.78, 5) is 12.0. The molecule has 0 N–H and O–H groups in total. The Morgan fingerprint density at radius 3 is 1.81 bits per heavy atom. The monoisotopic (exact) mass is 468 g/mol. The van der Waals surface area contributed by atoms with E-state index in [-0.39, 0.29) is 24.3 Å². The zero-order chi connectivity index (χ0) is 19.2. The van der Waals surface area contributed by atoms with Crippen molar-refractivity contribution < 1.29 is 26.6 Å². The van der Waals surface area contributed by atoms with Crippen molar-refractivity contribution in [3.63, 3.8) is 0 Å². The Balaban J connectivity index is 2.11. The van der Waals surface area contributed by atoms with Gasteiger partial charge in [-0.15, -0.1) is 0 Å². The van der Waals surface area contributed by atoms with E-state index in [4.69, 9.17) is 3.46 Å². The van der Waals surface area contributed by atoms with Crippen molar-refractivity contribution in [1.29, 1.82) is 0 Å². The molecule has 142 valence electrons. The van der Waals surface area contributed by atoms with Gasteiger partial charge in [0.25, 0.3) is 0 Å². The van der Waals surface area contributed by atoms with E-state index >= 15 is 0 Å². The van der Waals surface area contributed by atoms with Gasteiger partial charge >= 0.3 is 172 Å². The number of carbonyl (C=O) groups excluding carboxylic acids is 1. The quantitative estimate of drug-likeness (QED) is 0.402. The molecule has 4 heteroatoms. The number of benzene rings is 3. The predicted molar refractivity (Wildman–Crippen MR) is 110 cm³/mol. The first kappa shape index (κ1) is 20.0. The van der Waals surface area contributed by atoms with Gasteiger partial charge in [0.15, 0.2) is 0 Å². The molecule has 0 radical (unpaired) electrons. The summed E-state index contributed by atoms with van der Waals surface area (Å²) in [5.74, 6) is -0.207. The van der Waals surface area contributed by atoms with Crippen LogP contribution in [-0.2, 0) is 31.5 Å². The average Bonchev–Trinajstić information content (AvgIpc) is 2.66. The molecule has 0 saturated carbocycles. The van der Waals surface area contributed by atoms with Crippen LogP contribution in [0.15, 0.2) is 72.8 Å². The molecule has 2 nitrogen and oxygen atoms in total. The van der Waals surface area contributed by atoms with Gasteiger partial charge in [0, 0.05) is 0 Å². The second kappa shape index (κ2) is 9.43. The topological polar surface area (TPSA) is 26.3 Å². The second-order valence-corrected chi connectivity index (χ2v) is 9.73. The summed E-state index contributed by atoms with van der Waals surface area (Å²) < 4.78 is 5.26. The van der Waals surface area contributed by atoms with Crippen LogP contribution >= 0.6 is 7.92 Å². The van der Waals surface area contributed by atoms with Crippen molar-refractivity contribution in [3.05, 3.63) is 89.5 Å². The zero-order valence-electron chi connectivity index (χ0n) is 15.7. The third-order valence-electron chi connectivity index (χ3n) is 4.25. The van der Waals surface area contributed by atoms with Crippen LogP contribution in [0.4, 0.5) is 0 Å². The molecule has 3 rings (SSSR count). The third-order valence-corrected chi connectivity index (χ3v) is 8.62. The van der Waals surface area contributed by atoms with Gasteiger partial charge < -0.3 is 0 Å². The first-order chi connectivity index (χ1) is 13.1. The van der Waals surface area contributed by atoms with Crippen molar-refractivity contribution in [2.24, 2.45) is 0 Å². The van der Waals surface area contributed by atoms with E-state index in [9.17, 15) is 4.79 Å². The Kier molecular flexibility index (Phi) is 6.97. The van der Waals surface area contributed by atoms with E-state index in [0.29, 0.717) is 0 Å². The van der Waals surface area contributed by atoms with E-state index < -0.39 is 7.92 Å². The molecule has 27 heavy (non-hydrogen) atoms. The standard InChI is InChI=1S/C21H20P.C2H4O2.Pd/c1-16-10-4-7-13-19(16)22(20-14-8-5-11-17(20)2)21-15-9-6-12-18(21)3;1-2(3)4;/h4-15H,1H2,2-3H3;1H3,(H,3,4);/q;;+1/p-1. The minimum absolute atomic E-state index is 0.0614. The molecule has 0 aliphatic rings. The number of hydrogen-bond donors (Lipinski definition) is 0. The molecule has 3 aromatic rings. The van der Waals surface area contributed by atoms with Crippen LogP contribution in [-0.4, -0.2) is 5.97 Å². The summed E-state index contributed by atoms with van der Waals surface area (Å²) in [6.45, 7) is 5.85. The maximum absolute atomic E-state index is 11.2. The Bertz CT molecular complexity index is 893. The molecule has 0 atom stereocenters. The molecule has 0 saturated heterocycles. The fraction of sp³-hybridized carbons (Fsp3) is 0.174. The Morgan fingerprint density at radius 1 is 0.815 bits per heavy atom. The van der Waals surface area contributed by atoms with Crippen molar-refractivity contribution in [2.45, 2.75) is 25.7 Å². The normalized spacial score (nSPS) is 11.0. The van der Waals surface area contributed by atoms with Crippen LogP contribution in [0.5, 0.6) is 0 Å². The third kappa shape index (κ3) is 4.94. The first-order valence-electron chi connectivity index (χ1n) is 8.77. The SMILES string of the molecule is CC(=O)[O][Pd][CH2]c1ccccc1P(c1ccccc1C)c1ccccc1C. The number of hydrogen-bond acceptors (Lipinski definition) is 2. The van der Waals surface area contributed by atoms with Crippen LogP contribution in [0, 0.1) is 13.8 Å². The molecule has 0 aliphatic carbocycles. The first-order valence-corrected chi connectivity index (χ1v) is 11.8. The van der Waals surface area contributed by atoms with E-state index in [1.54, 1.807) is 0 Å². The van der Waals surface area contributed by atoms with Gasteiger partial charge in [-0.3, -0.25) is 0 Å².